The third-order valence-electron chi connectivity index (χ3n) is 4.10. The van der Waals surface area contributed by atoms with Gasteiger partial charge in [0.15, 0.2) is 0 Å². The van der Waals surface area contributed by atoms with Gasteiger partial charge in [-0.1, -0.05) is 0 Å². The number of aromatic nitrogens is 4. The predicted molar refractivity (Wildman–Crippen MR) is 88.1 cm³/mol. The van der Waals surface area contributed by atoms with Crippen molar-refractivity contribution >= 4 is 21.6 Å². The van der Waals surface area contributed by atoms with Gasteiger partial charge in [-0.3, -0.25) is 14.3 Å². The molecule has 0 N–H and O–H groups in total. The SMILES string of the molecule is Cn1ncc(N2CCN(Cc3nccn3C(F)F)CC2)c(Br)c1=O. The highest BCUT2D eigenvalue weighted by Crippen LogP contribution is 2.23. The van der Waals surface area contributed by atoms with E-state index in [2.05, 4.69) is 35.8 Å². The lowest BCUT2D eigenvalue weighted by Gasteiger charge is -2.36. The minimum atomic E-state index is -2.58. The largest absolute Gasteiger partial charge is 0.367 e. The molecule has 0 aliphatic carbocycles. The maximum Gasteiger partial charge on any atom is 0.319 e. The number of nitrogens with zero attached hydrogens (tertiary/aromatic N) is 6. The van der Waals surface area contributed by atoms with Gasteiger partial charge in [-0.2, -0.15) is 13.9 Å². The van der Waals surface area contributed by atoms with Crippen molar-refractivity contribution in [1.29, 1.82) is 0 Å². The Morgan fingerprint density at radius 1 is 1.29 bits per heavy atom. The van der Waals surface area contributed by atoms with Gasteiger partial charge in [-0.05, 0) is 15.9 Å². The summed E-state index contributed by atoms with van der Waals surface area (Å²) in [7, 11) is 1.60. The van der Waals surface area contributed by atoms with Crippen LogP contribution in [0.25, 0.3) is 0 Å². The third-order valence-corrected chi connectivity index (χ3v) is 4.84. The van der Waals surface area contributed by atoms with Crippen LogP contribution in [0.3, 0.4) is 0 Å². The fourth-order valence-corrected chi connectivity index (χ4v) is 3.32. The van der Waals surface area contributed by atoms with Crippen LogP contribution in [0.2, 0.25) is 0 Å². The first kappa shape index (κ1) is 17.0. The first-order valence-electron chi connectivity index (χ1n) is 7.46. The molecule has 1 aliphatic rings. The van der Waals surface area contributed by atoms with Gasteiger partial charge >= 0.3 is 6.55 Å². The highest BCUT2D eigenvalue weighted by Gasteiger charge is 2.22. The Morgan fingerprint density at radius 3 is 2.67 bits per heavy atom. The van der Waals surface area contributed by atoms with Crippen LogP contribution < -0.4 is 10.5 Å². The second kappa shape index (κ2) is 6.98. The molecule has 10 heteroatoms. The van der Waals surface area contributed by atoms with Crippen LogP contribution in [0.4, 0.5) is 14.5 Å². The molecule has 2 aromatic heterocycles. The molecule has 0 aromatic carbocycles. The molecule has 0 amide bonds. The number of imidazole rings is 1. The van der Waals surface area contributed by atoms with Crippen molar-refractivity contribution in [2.24, 2.45) is 7.05 Å². The van der Waals surface area contributed by atoms with Crippen LogP contribution in [0.1, 0.15) is 12.4 Å². The summed E-state index contributed by atoms with van der Waals surface area (Å²) >= 11 is 3.33. The lowest BCUT2D eigenvalue weighted by Crippen LogP contribution is -2.47. The summed E-state index contributed by atoms with van der Waals surface area (Å²) in [5, 5.41) is 4.05. The van der Waals surface area contributed by atoms with Gasteiger partial charge in [0.05, 0.1) is 18.4 Å². The number of halogens is 3. The molecule has 130 valence electrons. The van der Waals surface area contributed by atoms with E-state index < -0.39 is 6.55 Å². The van der Waals surface area contributed by atoms with Gasteiger partial charge in [-0.25, -0.2) is 9.67 Å². The van der Waals surface area contributed by atoms with E-state index in [1.54, 1.807) is 13.2 Å². The minimum absolute atomic E-state index is 0.186. The summed E-state index contributed by atoms with van der Waals surface area (Å²) in [5.74, 6) is 0.356. The van der Waals surface area contributed by atoms with Crippen LogP contribution in [0.15, 0.2) is 27.9 Å². The number of piperazine rings is 1. The number of hydrogen-bond donors (Lipinski definition) is 0. The van der Waals surface area contributed by atoms with Crippen LogP contribution in [0, 0.1) is 0 Å². The smallest absolute Gasteiger partial charge is 0.319 e. The van der Waals surface area contributed by atoms with E-state index in [-0.39, 0.29) is 5.56 Å². The molecule has 3 rings (SSSR count). The number of rotatable bonds is 4. The van der Waals surface area contributed by atoms with E-state index in [4.69, 9.17) is 0 Å². The number of aryl methyl sites for hydroxylation is 1. The van der Waals surface area contributed by atoms with E-state index in [0.29, 0.717) is 43.0 Å². The Balaban J connectivity index is 1.65. The summed E-state index contributed by atoms with van der Waals surface area (Å²) in [6, 6.07) is 0. The van der Waals surface area contributed by atoms with Gasteiger partial charge < -0.3 is 4.90 Å². The zero-order chi connectivity index (χ0) is 17.3. The molecule has 1 saturated heterocycles. The molecule has 1 aliphatic heterocycles. The normalized spacial score (nSPS) is 16.1. The van der Waals surface area contributed by atoms with Crippen LogP contribution >= 0.6 is 15.9 Å². The molecule has 7 nitrogen and oxygen atoms in total. The summed E-state index contributed by atoms with van der Waals surface area (Å²) in [5.41, 5.74) is 0.570. The van der Waals surface area contributed by atoms with Crippen molar-refractivity contribution < 1.29 is 8.78 Å². The van der Waals surface area contributed by atoms with Crippen LogP contribution in [-0.2, 0) is 13.6 Å². The summed E-state index contributed by atoms with van der Waals surface area (Å²) in [4.78, 5) is 20.1. The standard InChI is InChI=1S/C14H17BrF2N6O/c1-20-13(24)12(15)10(8-19-20)22-6-4-21(5-7-22)9-11-18-2-3-23(11)14(16)17/h2-3,8,14H,4-7,9H2,1H3. The Hall–Kier alpha value is -1.81. The summed E-state index contributed by atoms with van der Waals surface area (Å²) in [6.07, 6.45) is 4.34. The van der Waals surface area contributed by atoms with Gasteiger partial charge in [0.25, 0.3) is 5.56 Å². The van der Waals surface area contributed by atoms with Gasteiger partial charge in [-0.15, -0.1) is 0 Å². The first-order chi connectivity index (χ1) is 11.5. The zero-order valence-corrected chi connectivity index (χ0v) is 14.7. The van der Waals surface area contributed by atoms with Crippen molar-refractivity contribution in [1.82, 2.24) is 24.2 Å². The monoisotopic (exact) mass is 402 g/mol. The Morgan fingerprint density at radius 2 is 2.00 bits per heavy atom. The van der Waals surface area contributed by atoms with E-state index in [1.165, 1.54) is 17.1 Å². The van der Waals surface area contributed by atoms with Crippen molar-refractivity contribution in [2.45, 2.75) is 13.1 Å². The fourth-order valence-electron chi connectivity index (χ4n) is 2.71. The van der Waals surface area contributed by atoms with Crippen molar-refractivity contribution in [3.8, 4) is 0 Å². The summed E-state index contributed by atoms with van der Waals surface area (Å²) in [6.45, 7) is 0.550. The molecule has 0 spiro atoms. The highest BCUT2D eigenvalue weighted by molar-refractivity contribution is 9.10. The minimum Gasteiger partial charge on any atom is -0.367 e. The zero-order valence-electron chi connectivity index (χ0n) is 13.1. The second-order valence-electron chi connectivity index (χ2n) is 5.56. The third kappa shape index (κ3) is 3.34. The molecule has 3 heterocycles. The maximum atomic E-state index is 12.9. The quantitative estimate of drug-likeness (QED) is 0.774. The molecule has 2 aromatic rings. The molecular formula is C14H17BrF2N6O. The number of alkyl halides is 2. The fraction of sp³-hybridized carbons (Fsp3) is 0.500. The van der Waals surface area contributed by atoms with Gasteiger partial charge in [0.1, 0.15) is 10.3 Å². The van der Waals surface area contributed by atoms with Crippen molar-refractivity contribution in [3.05, 3.63) is 39.2 Å². The van der Waals surface area contributed by atoms with E-state index in [9.17, 15) is 13.6 Å². The van der Waals surface area contributed by atoms with E-state index >= 15 is 0 Å². The Kier molecular flexibility index (Phi) is 4.95. The summed E-state index contributed by atoms with van der Waals surface area (Å²) < 4.78 is 28.4. The molecule has 1 fully saturated rings. The molecule has 0 saturated carbocycles. The average molecular weight is 403 g/mol. The van der Waals surface area contributed by atoms with Crippen molar-refractivity contribution in [2.75, 3.05) is 31.1 Å². The molecule has 0 radical (unpaired) electrons. The van der Waals surface area contributed by atoms with E-state index in [0.717, 1.165) is 10.3 Å². The predicted octanol–water partition coefficient (Wildman–Crippen LogP) is 1.46. The lowest BCUT2D eigenvalue weighted by molar-refractivity contribution is 0.0637. The van der Waals surface area contributed by atoms with Gasteiger partial charge in [0, 0.05) is 45.6 Å². The Labute approximate surface area is 145 Å². The van der Waals surface area contributed by atoms with Gasteiger partial charge in [0.2, 0.25) is 0 Å². The average Bonchev–Trinajstić information content (AvgIpc) is 3.02. The number of hydrogen-bond acceptors (Lipinski definition) is 5. The van der Waals surface area contributed by atoms with Crippen LogP contribution in [0.5, 0.6) is 0 Å². The maximum absolute atomic E-state index is 12.9. The van der Waals surface area contributed by atoms with Crippen LogP contribution in [-0.4, -0.2) is 50.4 Å². The molecule has 0 unspecified atom stereocenters. The highest BCUT2D eigenvalue weighted by atomic mass is 79.9. The van der Waals surface area contributed by atoms with E-state index in [1.807, 2.05) is 0 Å². The molecular weight excluding hydrogens is 386 g/mol. The first-order valence-corrected chi connectivity index (χ1v) is 8.25. The Bertz CT molecular complexity index is 769. The van der Waals surface area contributed by atoms with Crippen molar-refractivity contribution in [3.63, 3.8) is 0 Å². The second-order valence-corrected chi connectivity index (χ2v) is 6.36. The molecule has 0 bridgehead atoms. The number of anilines is 1. The molecule has 24 heavy (non-hydrogen) atoms. The molecule has 0 atom stereocenters. The lowest BCUT2D eigenvalue weighted by atomic mass is 10.3. The topological polar surface area (TPSA) is 59.2 Å².